The Hall–Kier alpha value is -0.770. The number of hydrogen-bond donors (Lipinski definition) is 0. The summed E-state index contributed by atoms with van der Waals surface area (Å²) in [5.41, 5.74) is 2.96. The summed E-state index contributed by atoms with van der Waals surface area (Å²) in [6, 6.07) is 13.3. The maximum Gasteiger partial charge on any atom is 0.0876 e. The van der Waals surface area contributed by atoms with E-state index in [9.17, 15) is 0 Å². The predicted molar refractivity (Wildman–Crippen MR) is 81.4 cm³/mol. The van der Waals surface area contributed by atoms with Crippen molar-refractivity contribution in [2.75, 3.05) is 19.8 Å². The lowest BCUT2D eigenvalue weighted by atomic mass is 9.88. The van der Waals surface area contributed by atoms with Crippen LogP contribution >= 0.6 is 23.1 Å². The molecule has 1 aromatic heterocycles. The molecule has 1 nitrogen and oxygen atoms in total. The summed E-state index contributed by atoms with van der Waals surface area (Å²) >= 11 is 3.84. The van der Waals surface area contributed by atoms with Gasteiger partial charge in [-0.2, -0.15) is 0 Å². The fraction of sp³-hybridized carbons (Fsp3) is 0.333. The quantitative estimate of drug-likeness (QED) is 0.820. The standard InChI is InChI=1S/C15H17NS2/c1-16-10-12-6-3-4-7-13(12)15(11-16,17-2)14-8-5-9-18-14/h3-9H,10-11H2,1-2H3. The number of fused-ring (bicyclic) bond motifs is 1. The van der Waals surface area contributed by atoms with Crippen LogP contribution in [0.15, 0.2) is 41.8 Å². The van der Waals surface area contributed by atoms with Crippen LogP contribution in [0, 0.1) is 0 Å². The van der Waals surface area contributed by atoms with Gasteiger partial charge in [0.25, 0.3) is 0 Å². The van der Waals surface area contributed by atoms with Crippen molar-refractivity contribution >= 4 is 23.1 Å². The van der Waals surface area contributed by atoms with Crippen molar-refractivity contribution in [3.63, 3.8) is 0 Å². The molecule has 0 aliphatic carbocycles. The Labute approximate surface area is 117 Å². The van der Waals surface area contributed by atoms with Gasteiger partial charge in [-0.05, 0) is 35.9 Å². The Balaban J connectivity index is 2.21. The second-order valence-corrected chi connectivity index (χ2v) is 6.89. The maximum atomic E-state index is 2.43. The zero-order valence-corrected chi connectivity index (χ0v) is 12.4. The number of benzene rings is 1. The molecule has 0 bridgehead atoms. The van der Waals surface area contributed by atoms with Crippen molar-refractivity contribution < 1.29 is 0 Å². The van der Waals surface area contributed by atoms with E-state index in [1.807, 2.05) is 23.1 Å². The number of thioether (sulfide) groups is 1. The van der Waals surface area contributed by atoms with Gasteiger partial charge in [0, 0.05) is 18.0 Å². The van der Waals surface area contributed by atoms with E-state index >= 15 is 0 Å². The van der Waals surface area contributed by atoms with Gasteiger partial charge in [0.15, 0.2) is 0 Å². The third kappa shape index (κ3) is 1.81. The first-order valence-electron chi connectivity index (χ1n) is 6.12. The summed E-state index contributed by atoms with van der Waals surface area (Å²) in [7, 11) is 2.22. The minimum absolute atomic E-state index is 0.109. The highest BCUT2D eigenvalue weighted by Gasteiger charge is 2.40. The lowest BCUT2D eigenvalue weighted by molar-refractivity contribution is 0.284. The summed E-state index contributed by atoms with van der Waals surface area (Å²) in [6.07, 6.45) is 2.23. The molecular weight excluding hydrogens is 258 g/mol. The number of nitrogens with zero attached hydrogens (tertiary/aromatic N) is 1. The highest BCUT2D eigenvalue weighted by molar-refractivity contribution is 7.99. The minimum atomic E-state index is 0.109. The van der Waals surface area contributed by atoms with Crippen molar-refractivity contribution in [2.24, 2.45) is 0 Å². The lowest BCUT2D eigenvalue weighted by Gasteiger charge is -2.41. The van der Waals surface area contributed by atoms with Gasteiger partial charge in [0.2, 0.25) is 0 Å². The van der Waals surface area contributed by atoms with E-state index in [1.54, 1.807) is 0 Å². The summed E-state index contributed by atoms with van der Waals surface area (Å²) < 4.78 is 0.109. The summed E-state index contributed by atoms with van der Waals surface area (Å²) in [6.45, 7) is 2.15. The summed E-state index contributed by atoms with van der Waals surface area (Å²) in [4.78, 5) is 3.90. The zero-order chi connectivity index (χ0) is 12.6. The molecule has 1 aromatic carbocycles. The lowest BCUT2D eigenvalue weighted by Crippen LogP contribution is -2.42. The molecule has 3 rings (SSSR count). The van der Waals surface area contributed by atoms with E-state index in [0.29, 0.717) is 0 Å². The van der Waals surface area contributed by atoms with Gasteiger partial charge >= 0.3 is 0 Å². The molecule has 0 N–H and O–H groups in total. The molecule has 2 aromatic rings. The van der Waals surface area contributed by atoms with Crippen LogP contribution in [0.5, 0.6) is 0 Å². The first-order chi connectivity index (χ1) is 8.76. The van der Waals surface area contributed by atoms with E-state index in [0.717, 1.165) is 13.1 Å². The van der Waals surface area contributed by atoms with Crippen LogP contribution in [0.2, 0.25) is 0 Å². The Morgan fingerprint density at radius 3 is 2.78 bits per heavy atom. The zero-order valence-electron chi connectivity index (χ0n) is 10.7. The van der Waals surface area contributed by atoms with Crippen LogP contribution in [0.4, 0.5) is 0 Å². The van der Waals surface area contributed by atoms with Crippen LogP contribution in [0.25, 0.3) is 0 Å². The smallest absolute Gasteiger partial charge is 0.0876 e. The Kier molecular flexibility index (Phi) is 3.22. The first kappa shape index (κ1) is 12.3. The molecule has 2 heterocycles. The van der Waals surface area contributed by atoms with E-state index < -0.39 is 0 Å². The predicted octanol–water partition coefficient (Wildman–Crippen LogP) is 3.80. The highest BCUT2D eigenvalue weighted by atomic mass is 32.2. The van der Waals surface area contributed by atoms with Crippen LogP contribution in [-0.4, -0.2) is 24.7 Å². The third-order valence-corrected chi connectivity index (χ3v) is 6.08. The molecule has 1 aliphatic heterocycles. The minimum Gasteiger partial charge on any atom is -0.300 e. The average Bonchev–Trinajstić information content (AvgIpc) is 2.92. The largest absolute Gasteiger partial charge is 0.300 e. The molecule has 1 unspecified atom stereocenters. The number of likely N-dealkylation sites (N-methyl/N-ethyl adjacent to an activating group) is 1. The summed E-state index contributed by atoms with van der Waals surface area (Å²) in [5, 5.41) is 2.19. The fourth-order valence-corrected chi connectivity index (χ4v) is 5.12. The molecular formula is C15H17NS2. The van der Waals surface area contributed by atoms with Crippen molar-refractivity contribution in [3.8, 4) is 0 Å². The van der Waals surface area contributed by atoms with Gasteiger partial charge in [-0.25, -0.2) is 0 Å². The monoisotopic (exact) mass is 275 g/mol. The van der Waals surface area contributed by atoms with E-state index in [1.165, 1.54) is 16.0 Å². The van der Waals surface area contributed by atoms with Gasteiger partial charge in [-0.1, -0.05) is 30.3 Å². The Bertz CT molecular complexity index is 535. The molecule has 0 spiro atoms. The van der Waals surface area contributed by atoms with E-state index in [2.05, 4.69) is 60.0 Å². The normalized spacial score (nSPS) is 23.9. The number of thiophene rings is 1. The van der Waals surface area contributed by atoms with Crippen LogP contribution in [0.3, 0.4) is 0 Å². The van der Waals surface area contributed by atoms with Gasteiger partial charge in [0.1, 0.15) is 0 Å². The van der Waals surface area contributed by atoms with Crippen molar-refractivity contribution in [1.29, 1.82) is 0 Å². The maximum absolute atomic E-state index is 2.43. The average molecular weight is 275 g/mol. The summed E-state index contributed by atoms with van der Waals surface area (Å²) in [5.74, 6) is 0. The second-order valence-electron chi connectivity index (χ2n) is 4.84. The van der Waals surface area contributed by atoms with E-state index in [4.69, 9.17) is 0 Å². The first-order valence-corrected chi connectivity index (χ1v) is 8.23. The second kappa shape index (κ2) is 4.72. The van der Waals surface area contributed by atoms with Gasteiger partial charge in [0.05, 0.1) is 4.75 Å². The number of rotatable bonds is 2. The molecule has 0 saturated carbocycles. The number of hydrogen-bond acceptors (Lipinski definition) is 3. The van der Waals surface area contributed by atoms with E-state index in [-0.39, 0.29) is 4.75 Å². The van der Waals surface area contributed by atoms with Crippen molar-refractivity contribution in [2.45, 2.75) is 11.3 Å². The molecule has 0 fully saturated rings. The molecule has 1 atom stereocenters. The molecule has 0 radical (unpaired) electrons. The third-order valence-electron chi connectivity index (χ3n) is 3.65. The van der Waals surface area contributed by atoms with Crippen molar-refractivity contribution in [3.05, 3.63) is 57.8 Å². The Morgan fingerprint density at radius 1 is 1.22 bits per heavy atom. The van der Waals surface area contributed by atoms with Gasteiger partial charge < -0.3 is 4.90 Å². The van der Waals surface area contributed by atoms with Crippen LogP contribution in [0.1, 0.15) is 16.0 Å². The van der Waals surface area contributed by atoms with Crippen LogP contribution < -0.4 is 0 Å². The van der Waals surface area contributed by atoms with Gasteiger partial charge in [-0.15, -0.1) is 23.1 Å². The molecule has 1 aliphatic rings. The molecule has 18 heavy (non-hydrogen) atoms. The van der Waals surface area contributed by atoms with Crippen LogP contribution in [-0.2, 0) is 11.3 Å². The molecule has 94 valence electrons. The highest BCUT2D eigenvalue weighted by Crippen LogP contribution is 2.47. The Morgan fingerprint density at radius 2 is 2.06 bits per heavy atom. The van der Waals surface area contributed by atoms with Gasteiger partial charge in [-0.3, -0.25) is 0 Å². The fourth-order valence-electron chi connectivity index (χ4n) is 2.86. The molecule has 0 saturated heterocycles. The SMILES string of the molecule is CSC1(c2cccs2)CN(C)Cc2ccccc21. The molecule has 0 amide bonds. The topological polar surface area (TPSA) is 3.24 Å². The molecule has 3 heteroatoms. The van der Waals surface area contributed by atoms with Crippen molar-refractivity contribution in [1.82, 2.24) is 4.90 Å².